The molecule has 0 spiro atoms. The highest BCUT2D eigenvalue weighted by Gasteiger charge is 2.35. The lowest BCUT2D eigenvalue weighted by Crippen LogP contribution is -2.37. The molecule has 0 bridgehead atoms. The first-order valence-electron chi connectivity index (χ1n) is 9.23. The highest BCUT2D eigenvalue weighted by molar-refractivity contribution is 7.99. The van der Waals surface area contributed by atoms with E-state index in [1.165, 1.54) is 11.8 Å². The van der Waals surface area contributed by atoms with E-state index in [4.69, 9.17) is 4.74 Å². The molecule has 0 radical (unpaired) electrons. The molecule has 1 aliphatic heterocycles. The average molecular weight is 392 g/mol. The van der Waals surface area contributed by atoms with Gasteiger partial charge in [-0.1, -0.05) is 74.1 Å². The number of aromatic nitrogens is 3. The number of thioether (sulfide) groups is 1. The number of ether oxygens (including phenoxy) is 1. The van der Waals surface area contributed by atoms with Crippen LogP contribution in [0.4, 0.5) is 5.69 Å². The Hall–Kier alpha value is -2.93. The molecule has 0 fully saturated rings. The zero-order chi connectivity index (χ0) is 19.5. The standard InChI is InChI=1S/C21H20N4O2S/c1-3-17(26)25-16-13-9-8-12-15(16)18-19(22-21(24-23-18)28-4-2)27-20(25)14-10-6-5-7-11-14/h5-13,20H,3-4H2,1-2H3/t20-/m1/s1. The molecule has 0 aliphatic carbocycles. The van der Waals surface area contributed by atoms with Crippen molar-refractivity contribution in [1.29, 1.82) is 0 Å². The Balaban J connectivity index is 1.95. The van der Waals surface area contributed by atoms with E-state index in [-0.39, 0.29) is 5.91 Å². The van der Waals surface area contributed by atoms with Gasteiger partial charge in [0.05, 0.1) is 5.69 Å². The number of benzene rings is 2. The molecule has 2 aromatic carbocycles. The number of hydrogen-bond acceptors (Lipinski definition) is 6. The molecule has 6 nitrogen and oxygen atoms in total. The fraction of sp³-hybridized carbons (Fsp3) is 0.238. The van der Waals surface area contributed by atoms with Gasteiger partial charge >= 0.3 is 0 Å². The van der Waals surface area contributed by atoms with Crippen molar-refractivity contribution in [2.75, 3.05) is 10.7 Å². The maximum atomic E-state index is 13.0. The smallest absolute Gasteiger partial charge is 0.247 e. The van der Waals surface area contributed by atoms with Crippen molar-refractivity contribution in [2.45, 2.75) is 31.7 Å². The van der Waals surface area contributed by atoms with Gasteiger partial charge in [0, 0.05) is 17.5 Å². The molecule has 0 saturated heterocycles. The van der Waals surface area contributed by atoms with Crippen molar-refractivity contribution >= 4 is 23.4 Å². The summed E-state index contributed by atoms with van der Waals surface area (Å²) < 4.78 is 6.33. The van der Waals surface area contributed by atoms with Crippen molar-refractivity contribution in [2.24, 2.45) is 0 Å². The molecular formula is C21H20N4O2S. The summed E-state index contributed by atoms with van der Waals surface area (Å²) in [5.74, 6) is 1.18. The fourth-order valence-corrected chi connectivity index (χ4v) is 3.68. The lowest BCUT2D eigenvalue weighted by atomic mass is 10.1. The van der Waals surface area contributed by atoms with Crippen LogP contribution in [0.25, 0.3) is 11.3 Å². The van der Waals surface area contributed by atoms with E-state index in [0.29, 0.717) is 23.2 Å². The third-order valence-corrected chi connectivity index (χ3v) is 5.16. The topological polar surface area (TPSA) is 68.2 Å². The molecule has 142 valence electrons. The van der Waals surface area contributed by atoms with E-state index < -0.39 is 6.23 Å². The van der Waals surface area contributed by atoms with Crippen molar-refractivity contribution in [3.8, 4) is 17.1 Å². The number of amides is 1. The van der Waals surface area contributed by atoms with Gasteiger partial charge in [-0.2, -0.15) is 4.98 Å². The molecule has 0 N–H and O–H groups in total. The average Bonchev–Trinajstić information content (AvgIpc) is 2.88. The Morgan fingerprint density at radius 2 is 1.82 bits per heavy atom. The van der Waals surface area contributed by atoms with Crippen molar-refractivity contribution < 1.29 is 9.53 Å². The number of rotatable bonds is 4. The first-order valence-corrected chi connectivity index (χ1v) is 10.2. The number of para-hydroxylation sites is 1. The minimum Gasteiger partial charge on any atom is -0.447 e. The van der Waals surface area contributed by atoms with Crippen LogP contribution in [-0.4, -0.2) is 26.8 Å². The molecule has 7 heteroatoms. The Morgan fingerprint density at radius 3 is 2.57 bits per heavy atom. The lowest BCUT2D eigenvalue weighted by Gasteiger charge is -2.30. The molecule has 28 heavy (non-hydrogen) atoms. The van der Waals surface area contributed by atoms with Gasteiger partial charge in [0.15, 0.2) is 5.69 Å². The first-order chi connectivity index (χ1) is 13.7. The van der Waals surface area contributed by atoms with Crippen LogP contribution in [-0.2, 0) is 4.79 Å². The van der Waals surface area contributed by atoms with E-state index in [2.05, 4.69) is 15.2 Å². The predicted molar refractivity (Wildman–Crippen MR) is 109 cm³/mol. The summed E-state index contributed by atoms with van der Waals surface area (Å²) in [6.45, 7) is 3.88. The minimum atomic E-state index is -0.632. The number of nitrogens with zero attached hydrogens (tertiary/aromatic N) is 4. The quantitative estimate of drug-likeness (QED) is 0.610. The summed E-state index contributed by atoms with van der Waals surface area (Å²) >= 11 is 1.50. The molecular weight excluding hydrogens is 372 g/mol. The lowest BCUT2D eigenvalue weighted by molar-refractivity contribution is -0.120. The molecule has 0 unspecified atom stereocenters. The van der Waals surface area contributed by atoms with Crippen LogP contribution in [0.2, 0.25) is 0 Å². The third-order valence-electron chi connectivity index (χ3n) is 4.44. The van der Waals surface area contributed by atoms with Crippen molar-refractivity contribution in [3.05, 3.63) is 60.2 Å². The second-order valence-electron chi connectivity index (χ2n) is 6.20. The number of fused-ring (bicyclic) bond motifs is 3. The first kappa shape index (κ1) is 18.4. The van der Waals surface area contributed by atoms with E-state index >= 15 is 0 Å². The van der Waals surface area contributed by atoms with Gasteiger partial charge in [0.1, 0.15) is 0 Å². The highest BCUT2D eigenvalue weighted by atomic mass is 32.2. The highest BCUT2D eigenvalue weighted by Crippen LogP contribution is 2.43. The second-order valence-corrected chi connectivity index (χ2v) is 7.43. The summed E-state index contributed by atoms with van der Waals surface area (Å²) in [4.78, 5) is 19.3. The molecule has 4 rings (SSSR count). The van der Waals surface area contributed by atoms with E-state index in [1.54, 1.807) is 4.90 Å². The van der Waals surface area contributed by atoms with Gasteiger partial charge in [-0.3, -0.25) is 9.69 Å². The largest absolute Gasteiger partial charge is 0.447 e. The zero-order valence-corrected chi connectivity index (χ0v) is 16.5. The molecule has 1 amide bonds. The van der Waals surface area contributed by atoms with Crippen LogP contribution >= 0.6 is 11.8 Å². The number of hydrogen-bond donors (Lipinski definition) is 0. The normalized spacial score (nSPS) is 15.2. The van der Waals surface area contributed by atoms with Gasteiger partial charge in [0.2, 0.25) is 23.2 Å². The summed E-state index contributed by atoms with van der Waals surface area (Å²) in [5, 5.41) is 9.18. The van der Waals surface area contributed by atoms with Crippen molar-refractivity contribution in [3.63, 3.8) is 0 Å². The fourth-order valence-electron chi connectivity index (χ4n) is 3.18. The number of carbonyl (C=O) groups is 1. The summed E-state index contributed by atoms with van der Waals surface area (Å²) in [5.41, 5.74) is 2.94. The Morgan fingerprint density at radius 1 is 1.07 bits per heavy atom. The van der Waals surface area contributed by atoms with E-state index in [0.717, 1.165) is 22.6 Å². The van der Waals surface area contributed by atoms with Gasteiger partial charge in [-0.05, 0) is 11.8 Å². The van der Waals surface area contributed by atoms with Crippen LogP contribution in [0.5, 0.6) is 5.88 Å². The van der Waals surface area contributed by atoms with Gasteiger partial charge in [-0.25, -0.2) is 0 Å². The molecule has 0 saturated carbocycles. The number of anilines is 1. The summed E-state index contributed by atoms with van der Waals surface area (Å²) in [6, 6.07) is 17.4. The molecule has 3 aromatic rings. The maximum absolute atomic E-state index is 13.0. The number of carbonyl (C=O) groups excluding carboxylic acids is 1. The molecule has 2 heterocycles. The maximum Gasteiger partial charge on any atom is 0.247 e. The zero-order valence-electron chi connectivity index (χ0n) is 15.7. The van der Waals surface area contributed by atoms with Gasteiger partial charge in [0.25, 0.3) is 0 Å². The third kappa shape index (κ3) is 3.33. The van der Waals surface area contributed by atoms with Crippen LogP contribution in [0, 0.1) is 0 Å². The predicted octanol–water partition coefficient (Wildman–Crippen LogP) is 4.48. The summed E-state index contributed by atoms with van der Waals surface area (Å²) in [7, 11) is 0. The SMILES string of the molecule is CCSc1nnc2c(n1)O[C@H](c1ccccc1)N(C(=O)CC)c1ccccc1-2. The van der Waals surface area contributed by atoms with Crippen LogP contribution in [0.3, 0.4) is 0 Å². The van der Waals surface area contributed by atoms with Crippen LogP contribution in [0.1, 0.15) is 32.1 Å². The second kappa shape index (κ2) is 7.98. The van der Waals surface area contributed by atoms with Crippen LogP contribution < -0.4 is 9.64 Å². The summed E-state index contributed by atoms with van der Waals surface area (Å²) in [6.07, 6.45) is -0.278. The van der Waals surface area contributed by atoms with Crippen molar-refractivity contribution in [1.82, 2.24) is 15.2 Å². The molecule has 1 atom stereocenters. The van der Waals surface area contributed by atoms with Gasteiger partial charge < -0.3 is 4.74 Å². The van der Waals surface area contributed by atoms with Gasteiger partial charge in [-0.15, -0.1) is 10.2 Å². The van der Waals surface area contributed by atoms with Crippen LogP contribution in [0.15, 0.2) is 59.8 Å². The molecule has 1 aromatic heterocycles. The Bertz CT molecular complexity index is 997. The monoisotopic (exact) mass is 392 g/mol. The Kier molecular flexibility index (Phi) is 5.25. The Labute approximate surface area is 168 Å². The van der Waals surface area contributed by atoms with E-state index in [1.807, 2.05) is 68.4 Å². The van der Waals surface area contributed by atoms with E-state index in [9.17, 15) is 4.79 Å². The minimum absolute atomic E-state index is 0.0368. The molecule has 1 aliphatic rings.